The van der Waals surface area contributed by atoms with Gasteiger partial charge < -0.3 is 14.7 Å². The summed E-state index contributed by atoms with van der Waals surface area (Å²) in [6.45, 7) is 10.4. The molecule has 5 heteroatoms. The molecule has 1 heterocycles. The van der Waals surface area contributed by atoms with E-state index in [0.29, 0.717) is 19.6 Å². The number of nitrogens with zero attached hydrogens (tertiary/aromatic N) is 3. The maximum atomic E-state index is 13.0. The number of amides is 3. The van der Waals surface area contributed by atoms with E-state index in [0.717, 1.165) is 38.9 Å². The minimum absolute atomic E-state index is 0.0333. The Kier molecular flexibility index (Phi) is 7.95. The van der Waals surface area contributed by atoms with Crippen LogP contribution >= 0.6 is 0 Å². The summed E-state index contributed by atoms with van der Waals surface area (Å²) in [5.41, 5.74) is 1.17. The number of carbonyl (C=O) groups excluding carboxylic acids is 2. The largest absolute Gasteiger partial charge is 0.338 e. The number of carbonyl (C=O) groups is 2. The van der Waals surface area contributed by atoms with Crippen LogP contribution in [0.25, 0.3) is 0 Å². The lowest BCUT2D eigenvalue weighted by Gasteiger charge is -2.36. The lowest BCUT2D eigenvalue weighted by atomic mass is 9.95. The zero-order chi connectivity index (χ0) is 18.9. The Morgan fingerprint density at radius 2 is 1.62 bits per heavy atom. The first-order valence-corrected chi connectivity index (χ1v) is 9.97. The molecule has 1 aromatic carbocycles. The molecule has 26 heavy (non-hydrogen) atoms. The van der Waals surface area contributed by atoms with Crippen molar-refractivity contribution in [2.75, 3.05) is 32.7 Å². The van der Waals surface area contributed by atoms with Crippen molar-refractivity contribution in [1.29, 1.82) is 0 Å². The third kappa shape index (κ3) is 5.23. The Labute approximate surface area is 158 Å². The first-order valence-electron chi connectivity index (χ1n) is 9.97. The fourth-order valence-corrected chi connectivity index (χ4v) is 3.61. The Morgan fingerprint density at radius 3 is 2.15 bits per heavy atom. The molecule has 5 nitrogen and oxygen atoms in total. The van der Waals surface area contributed by atoms with E-state index < -0.39 is 0 Å². The normalized spacial score (nSPS) is 15.0. The maximum absolute atomic E-state index is 13.0. The van der Waals surface area contributed by atoms with E-state index in [9.17, 15) is 9.59 Å². The molecule has 1 aliphatic heterocycles. The quantitative estimate of drug-likeness (QED) is 0.747. The highest BCUT2D eigenvalue weighted by Gasteiger charge is 2.31. The van der Waals surface area contributed by atoms with Crippen LogP contribution in [-0.2, 0) is 11.3 Å². The maximum Gasteiger partial charge on any atom is 0.319 e. The predicted molar refractivity (Wildman–Crippen MR) is 105 cm³/mol. The lowest BCUT2D eigenvalue weighted by Crippen LogP contribution is -2.49. The molecule has 1 aliphatic rings. The van der Waals surface area contributed by atoms with Crippen molar-refractivity contribution >= 4 is 11.9 Å². The zero-order valence-corrected chi connectivity index (χ0v) is 16.5. The van der Waals surface area contributed by atoms with E-state index in [1.165, 1.54) is 5.56 Å². The van der Waals surface area contributed by atoms with Crippen molar-refractivity contribution in [3.63, 3.8) is 0 Å². The van der Waals surface area contributed by atoms with Crippen LogP contribution in [0, 0.1) is 5.92 Å². The van der Waals surface area contributed by atoms with Crippen LogP contribution < -0.4 is 0 Å². The summed E-state index contributed by atoms with van der Waals surface area (Å²) < 4.78 is 0. The summed E-state index contributed by atoms with van der Waals surface area (Å²) in [5, 5.41) is 0. The number of benzene rings is 1. The topological polar surface area (TPSA) is 43.9 Å². The number of hydrogen-bond acceptors (Lipinski definition) is 2. The van der Waals surface area contributed by atoms with Gasteiger partial charge in [-0.1, -0.05) is 37.3 Å². The molecule has 1 saturated heterocycles. The number of likely N-dealkylation sites (tertiary alicyclic amines) is 1. The smallest absolute Gasteiger partial charge is 0.319 e. The number of hydrogen-bond donors (Lipinski definition) is 0. The van der Waals surface area contributed by atoms with Crippen LogP contribution in [0.2, 0.25) is 0 Å². The molecule has 0 aromatic heterocycles. The second-order valence-electron chi connectivity index (χ2n) is 6.96. The Bertz CT molecular complexity index is 564. The molecule has 0 unspecified atom stereocenters. The third-order valence-electron chi connectivity index (χ3n) is 5.17. The third-order valence-corrected chi connectivity index (χ3v) is 5.17. The predicted octanol–water partition coefficient (Wildman–Crippen LogP) is 3.60. The molecule has 1 fully saturated rings. The second-order valence-corrected chi connectivity index (χ2v) is 6.96. The van der Waals surface area contributed by atoms with Gasteiger partial charge in [0.2, 0.25) is 5.91 Å². The van der Waals surface area contributed by atoms with Crippen LogP contribution in [0.1, 0.15) is 45.6 Å². The van der Waals surface area contributed by atoms with E-state index in [4.69, 9.17) is 0 Å². The summed E-state index contributed by atoms with van der Waals surface area (Å²) in [7, 11) is 0. The zero-order valence-electron chi connectivity index (χ0n) is 16.5. The van der Waals surface area contributed by atoms with Gasteiger partial charge in [0, 0.05) is 45.2 Å². The van der Waals surface area contributed by atoms with Crippen LogP contribution in [0.5, 0.6) is 0 Å². The summed E-state index contributed by atoms with van der Waals surface area (Å²) in [4.78, 5) is 31.2. The fraction of sp³-hybridized carbons (Fsp3) is 0.619. The van der Waals surface area contributed by atoms with E-state index in [1.807, 2.05) is 46.7 Å². The Hall–Kier alpha value is -2.04. The second kappa shape index (κ2) is 10.2. The average molecular weight is 360 g/mol. The number of rotatable bonds is 7. The van der Waals surface area contributed by atoms with Crippen LogP contribution in [0.15, 0.2) is 30.3 Å². The summed E-state index contributed by atoms with van der Waals surface area (Å²) >= 11 is 0. The molecule has 144 valence electrons. The van der Waals surface area contributed by atoms with Gasteiger partial charge in [-0.3, -0.25) is 4.79 Å². The van der Waals surface area contributed by atoms with E-state index in [1.54, 1.807) is 0 Å². The van der Waals surface area contributed by atoms with Gasteiger partial charge in [0.25, 0.3) is 0 Å². The molecule has 0 saturated carbocycles. The highest BCUT2D eigenvalue weighted by atomic mass is 16.2. The van der Waals surface area contributed by atoms with Gasteiger partial charge in [0.15, 0.2) is 0 Å². The summed E-state index contributed by atoms with van der Waals surface area (Å²) in [6.07, 6.45) is 2.49. The molecule has 0 spiro atoms. The van der Waals surface area contributed by atoms with Crippen molar-refractivity contribution in [2.24, 2.45) is 5.92 Å². The minimum Gasteiger partial charge on any atom is -0.338 e. The molecular formula is C21H33N3O2. The summed E-state index contributed by atoms with van der Waals surface area (Å²) in [6, 6.07) is 10.3. The van der Waals surface area contributed by atoms with Crippen LogP contribution in [0.3, 0.4) is 0 Å². The van der Waals surface area contributed by atoms with Crippen molar-refractivity contribution in [1.82, 2.24) is 14.7 Å². The number of piperidine rings is 1. The van der Waals surface area contributed by atoms with E-state index >= 15 is 0 Å². The average Bonchev–Trinajstić information content (AvgIpc) is 2.69. The molecular weight excluding hydrogens is 326 g/mol. The van der Waals surface area contributed by atoms with Gasteiger partial charge >= 0.3 is 6.03 Å². The van der Waals surface area contributed by atoms with Gasteiger partial charge in [-0.05, 0) is 38.7 Å². The fourth-order valence-electron chi connectivity index (χ4n) is 3.61. The lowest BCUT2D eigenvalue weighted by molar-refractivity contribution is -0.137. The molecule has 2 rings (SSSR count). The molecule has 0 bridgehead atoms. The molecule has 0 radical (unpaired) electrons. The molecule has 3 amide bonds. The highest BCUT2D eigenvalue weighted by molar-refractivity contribution is 5.80. The molecule has 0 N–H and O–H groups in total. The van der Waals surface area contributed by atoms with Gasteiger partial charge in [0.1, 0.15) is 0 Å². The van der Waals surface area contributed by atoms with Gasteiger partial charge in [-0.25, -0.2) is 4.79 Å². The van der Waals surface area contributed by atoms with Crippen molar-refractivity contribution in [3.8, 4) is 0 Å². The molecule has 0 atom stereocenters. The minimum atomic E-state index is 0.0333. The first-order chi connectivity index (χ1) is 12.6. The van der Waals surface area contributed by atoms with E-state index in [2.05, 4.69) is 19.1 Å². The SMILES string of the molecule is CCCN(Cc1ccccc1)C(=O)C1CCN(C(=O)N(CC)CC)CC1. The van der Waals surface area contributed by atoms with Gasteiger partial charge in [0.05, 0.1) is 0 Å². The summed E-state index contributed by atoms with van der Waals surface area (Å²) in [5.74, 6) is 0.275. The molecule has 1 aromatic rings. The van der Waals surface area contributed by atoms with Crippen LogP contribution in [-0.4, -0.2) is 59.4 Å². The standard InChI is InChI=1S/C21H33N3O2/c1-4-14-24(17-18-10-8-7-9-11-18)20(25)19-12-15-23(16-13-19)21(26)22(5-2)6-3/h7-11,19H,4-6,12-17H2,1-3H3. The van der Waals surface area contributed by atoms with Crippen molar-refractivity contribution in [2.45, 2.75) is 46.6 Å². The monoisotopic (exact) mass is 359 g/mol. The Balaban J connectivity index is 1.93. The highest BCUT2D eigenvalue weighted by Crippen LogP contribution is 2.22. The van der Waals surface area contributed by atoms with Crippen molar-refractivity contribution in [3.05, 3.63) is 35.9 Å². The van der Waals surface area contributed by atoms with E-state index in [-0.39, 0.29) is 17.9 Å². The van der Waals surface area contributed by atoms with Gasteiger partial charge in [-0.2, -0.15) is 0 Å². The van der Waals surface area contributed by atoms with Crippen LogP contribution in [0.4, 0.5) is 4.79 Å². The van der Waals surface area contributed by atoms with Gasteiger partial charge in [-0.15, -0.1) is 0 Å². The molecule has 0 aliphatic carbocycles. The van der Waals surface area contributed by atoms with Crippen molar-refractivity contribution < 1.29 is 9.59 Å². The number of urea groups is 1. The Morgan fingerprint density at radius 1 is 1.00 bits per heavy atom. The first kappa shape index (κ1) is 20.3.